The van der Waals surface area contributed by atoms with Crippen LogP contribution in [0.2, 0.25) is 0 Å². The summed E-state index contributed by atoms with van der Waals surface area (Å²) in [6.07, 6.45) is -1.40. The van der Waals surface area contributed by atoms with E-state index >= 15 is 0 Å². The monoisotopic (exact) mass is 328 g/mol. The third kappa shape index (κ3) is 3.01. The first-order valence-electron chi connectivity index (χ1n) is 8.13. The summed E-state index contributed by atoms with van der Waals surface area (Å²) in [5.74, 6) is 0.434. The second kappa shape index (κ2) is 5.49. The lowest BCUT2D eigenvalue weighted by Crippen LogP contribution is -2.38. The standard InChI is InChI=1S/C18H23F3O2/c1-12(2)17-9-8-16(3,23-17)15(10-17)22-11-13-4-6-14(7-5-13)18(19,20)21/h4-7,12,15H,8-11H2,1-3H3/t15-,16+,17-/m0/s1. The van der Waals surface area contributed by atoms with Gasteiger partial charge in [0.2, 0.25) is 0 Å². The summed E-state index contributed by atoms with van der Waals surface area (Å²) in [7, 11) is 0. The smallest absolute Gasteiger partial charge is 0.370 e. The van der Waals surface area contributed by atoms with E-state index in [0.717, 1.165) is 37.0 Å². The van der Waals surface area contributed by atoms with E-state index in [-0.39, 0.29) is 17.3 Å². The van der Waals surface area contributed by atoms with Crippen LogP contribution in [0.3, 0.4) is 0 Å². The van der Waals surface area contributed by atoms with Crippen molar-refractivity contribution < 1.29 is 22.6 Å². The van der Waals surface area contributed by atoms with Crippen LogP contribution in [0.15, 0.2) is 24.3 Å². The second-order valence-electron chi connectivity index (χ2n) is 7.33. The fraction of sp³-hybridized carbons (Fsp3) is 0.667. The largest absolute Gasteiger partial charge is 0.416 e. The van der Waals surface area contributed by atoms with Crippen LogP contribution in [0.5, 0.6) is 0 Å². The van der Waals surface area contributed by atoms with Gasteiger partial charge in [0.1, 0.15) is 0 Å². The van der Waals surface area contributed by atoms with Gasteiger partial charge < -0.3 is 9.47 Å². The Balaban J connectivity index is 1.63. The molecule has 5 heteroatoms. The summed E-state index contributed by atoms with van der Waals surface area (Å²) in [4.78, 5) is 0. The van der Waals surface area contributed by atoms with Crippen LogP contribution in [0.4, 0.5) is 13.2 Å². The number of hydrogen-bond donors (Lipinski definition) is 0. The molecule has 23 heavy (non-hydrogen) atoms. The van der Waals surface area contributed by atoms with E-state index in [1.807, 2.05) is 0 Å². The first-order chi connectivity index (χ1) is 10.6. The van der Waals surface area contributed by atoms with Crippen molar-refractivity contribution in [3.05, 3.63) is 35.4 Å². The summed E-state index contributed by atoms with van der Waals surface area (Å²) >= 11 is 0. The quantitative estimate of drug-likeness (QED) is 0.778. The third-order valence-corrected chi connectivity index (χ3v) is 5.48. The Morgan fingerprint density at radius 2 is 1.87 bits per heavy atom. The molecule has 3 rings (SSSR count). The first kappa shape index (κ1) is 16.8. The summed E-state index contributed by atoms with van der Waals surface area (Å²) in [5, 5.41) is 0. The molecule has 0 spiro atoms. The molecule has 0 amide bonds. The lowest BCUT2D eigenvalue weighted by molar-refractivity contribution is -0.137. The zero-order valence-electron chi connectivity index (χ0n) is 13.7. The maximum atomic E-state index is 12.6. The molecule has 2 heterocycles. The molecule has 3 atom stereocenters. The molecule has 2 nitrogen and oxygen atoms in total. The van der Waals surface area contributed by atoms with Gasteiger partial charge in [0.25, 0.3) is 0 Å². The van der Waals surface area contributed by atoms with Crippen LogP contribution in [-0.4, -0.2) is 17.3 Å². The van der Waals surface area contributed by atoms with Gasteiger partial charge in [0, 0.05) is 6.42 Å². The molecule has 1 aromatic carbocycles. The van der Waals surface area contributed by atoms with E-state index in [9.17, 15) is 13.2 Å². The highest BCUT2D eigenvalue weighted by atomic mass is 19.4. The predicted octanol–water partition coefficient (Wildman–Crippen LogP) is 4.96. The topological polar surface area (TPSA) is 18.5 Å². The van der Waals surface area contributed by atoms with E-state index in [1.165, 1.54) is 12.1 Å². The van der Waals surface area contributed by atoms with Gasteiger partial charge in [0.15, 0.2) is 0 Å². The summed E-state index contributed by atoms with van der Waals surface area (Å²) < 4.78 is 50.0. The van der Waals surface area contributed by atoms with Crippen LogP contribution in [0.25, 0.3) is 0 Å². The Kier molecular flexibility index (Phi) is 4.00. The predicted molar refractivity (Wildman–Crippen MR) is 80.9 cm³/mol. The number of fused-ring (bicyclic) bond motifs is 2. The SMILES string of the molecule is CC(C)[C@@]12CC[C@@](C)(O1)[C@@H](OCc1ccc(C(F)(F)F)cc1)C2. The van der Waals surface area contributed by atoms with E-state index in [4.69, 9.17) is 9.47 Å². The fourth-order valence-corrected chi connectivity index (χ4v) is 3.79. The van der Waals surface area contributed by atoms with E-state index < -0.39 is 11.7 Å². The van der Waals surface area contributed by atoms with Crippen molar-refractivity contribution in [1.82, 2.24) is 0 Å². The van der Waals surface area contributed by atoms with Crippen molar-refractivity contribution >= 4 is 0 Å². The van der Waals surface area contributed by atoms with Crippen molar-refractivity contribution in [3.8, 4) is 0 Å². The summed E-state index contributed by atoms with van der Waals surface area (Å²) in [5.41, 5.74) is -0.242. The maximum Gasteiger partial charge on any atom is 0.416 e. The number of hydrogen-bond acceptors (Lipinski definition) is 2. The highest BCUT2D eigenvalue weighted by Crippen LogP contribution is 2.55. The Hall–Kier alpha value is -1.07. The van der Waals surface area contributed by atoms with E-state index in [1.54, 1.807) is 0 Å². The molecule has 0 N–H and O–H groups in total. The van der Waals surface area contributed by atoms with Crippen molar-refractivity contribution in [1.29, 1.82) is 0 Å². The lowest BCUT2D eigenvalue weighted by atomic mass is 9.75. The van der Waals surface area contributed by atoms with Crippen LogP contribution < -0.4 is 0 Å². The molecule has 2 aliphatic rings. The average molecular weight is 328 g/mol. The van der Waals surface area contributed by atoms with Gasteiger partial charge in [0.05, 0.1) is 29.5 Å². The molecule has 2 fully saturated rings. The Bertz CT molecular complexity index is 567. The minimum atomic E-state index is -4.30. The second-order valence-corrected chi connectivity index (χ2v) is 7.33. The molecule has 2 saturated heterocycles. The van der Waals surface area contributed by atoms with Crippen molar-refractivity contribution in [2.75, 3.05) is 0 Å². The molecule has 2 aliphatic heterocycles. The third-order valence-electron chi connectivity index (χ3n) is 5.48. The van der Waals surface area contributed by atoms with Gasteiger partial charge in [-0.05, 0) is 43.4 Å². The zero-order valence-corrected chi connectivity index (χ0v) is 13.7. The molecule has 0 unspecified atom stereocenters. The Labute approximate surface area is 135 Å². The molecular formula is C18H23F3O2. The Morgan fingerprint density at radius 1 is 1.22 bits per heavy atom. The number of rotatable bonds is 4. The number of ether oxygens (including phenoxy) is 2. The number of benzene rings is 1. The maximum absolute atomic E-state index is 12.6. The number of halogens is 3. The molecule has 0 saturated carbocycles. The van der Waals surface area contributed by atoms with Crippen molar-refractivity contribution in [3.63, 3.8) is 0 Å². The Morgan fingerprint density at radius 3 is 2.39 bits per heavy atom. The minimum Gasteiger partial charge on any atom is -0.370 e. The lowest BCUT2D eigenvalue weighted by Gasteiger charge is -2.31. The van der Waals surface area contributed by atoms with Gasteiger partial charge in [-0.2, -0.15) is 13.2 Å². The average Bonchev–Trinajstić information content (AvgIpc) is 2.97. The molecular weight excluding hydrogens is 305 g/mol. The molecule has 1 aromatic rings. The van der Waals surface area contributed by atoms with Gasteiger partial charge >= 0.3 is 6.18 Å². The molecule has 0 aliphatic carbocycles. The fourth-order valence-electron chi connectivity index (χ4n) is 3.79. The zero-order chi connectivity index (χ0) is 16.9. The highest BCUT2D eigenvalue weighted by Gasteiger charge is 2.60. The minimum absolute atomic E-state index is 0.000873. The van der Waals surface area contributed by atoms with Gasteiger partial charge in [-0.1, -0.05) is 26.0 Å². The molecule has 128 valence electrons. The summed E-state index contributed by atoms with van der Waals surface area (Å²) in [6.45, 7) is 6.74. The van der Waals surface area contributed by atoms with E-state index in [0.29, 0.717) is 12.5 Å². The molecule has 2 bridgehead atoms. The first-order valence-corrected chi connectivity index (χ1v) is 8.13. The van der Waals surface area contributed by atoms with Crippen LogP contribution in [0.1, 0.15) is 51.2 Å². The van der Waals surface area contributed by atoms with Gasteiger partial charge in [-0.25, -0.2) is 0 Å². The normalized spacial score (nSPS) is 33.6. The van der Waals surface area contributed by atoms with Crippen LogP contribution in [0, 0.1) is 5.92 Å². The van der Waals surface area contributed by atoms with Crippen LogP contribution >= 0.6 is 0 Å². The molecule has 0 radical (unpaired) electrons. The summed E-state index contributed by atoms with van der Waals surface area (Å²) in [6, 6.07) is 5.18. The van der Waals surface area contributed by atoms with Gasteiger partial charge in [-0.15, -0.1) is 0 Å². The van der Waals surface area contributed by atoms with Crippen LogP contribution in [-0.2, 0) is 22.3 Å². The van der Waals surface area contributed by atoms with Crippen molar-refractivity contribution in [2.45, 2.75) is 70.1 Å². The van der Waals surface area contributed by atoms with Crippen molar-refractivity contribution in [2.24, 2.45) is 5.92 Å². The van der Waals surface area contributed by atoms with E-state index in [2.05, 4.69) is 20.8 Å². The number of alkyl halides is 3. The highest BCUT2D eigenvalue weighted by molar-refractivity contribution is 5.24. The van der Waals surface area contributed by atoms with Gasteiger partial charge in [-0.3, -0.25) is 0 Å². The molecule has 0 aromatic heterocycles.